The van der Waals surface area contributed by atoms with Crippen LogP contribution in [-0.4, -0.2) is 21.1 Å². The normalized spacial score (nSPS) is 10.1. The van der Waals surface area contributed by atoms with E-state index in [1.54, 1.807) is 12.1 Å². The maximum atomic E-state index is 11.0. The van der Waals surface area contributed by atoms with E-state index in [2.05, 4.69) is 0 Å². The van der Waals surface area contributed by atoms with Crippen molar-refractivity contribution in [1.82, 2.24) is 0 Å². The molecule has 21 heavy (non-hydrogen) atoms. The Bertz CT molecular complexity index is 698. The van der Waals surface area contributed by atoms with Crippen LogP contribution in [0.2, 0.25) is 0 Å². The molecule has 0 bridgehead atoms. The number of carbonyl (C=O) groups is 1. The molecule has 0 saturated heterocycles. The Kier molecular flexibility index (Phi) is 4.03. The summed E-state index contributed by atoms with van der Waals surface area (Å²) in [4.78, 5) is 21.1. The third kappa shape index (κ3) is 3.47. The zero-order valence-corrected chi connectivity index (χ0v) is 10.7. The fraction of sp³-hybridized carbons (Fsp3) is 0.0714. The molecule has 108 valence electrons. The van der Waals surface area contributed by atoms with Gasteiger partial charge in [0.05, 0.1) is 10.5 Å². The smallest absolute Gasteiger partial charge is 0.335 e. The minimum atomic E-state index is -1.25. The molecule has 0 aliphatic rings. The first-order valence-corrected chi connectivity index (χ1v) is 5.90. The van der Waals surface area contributed by atoms with Crippen LogP contribution < -0.4 is 4.74 Å². The summed E-state index contributed by atoms with van der Waals surface area (Å²) < 4.78 is 5.33. The minimum absolute atomic E-state index is 0.0155. The lowest BCUT2D eigenvalue weighted by Gasteiger charge is -2.07. The second-order valence-electron chi connectivity index (χ2n) is 4.20. The Labute approximate surface area is 119 Å². The topological polar surface area (TPSA) is 110 Å². The summed E-state index contributed by atoms with van der Waals surface area (Å²) in [6.07, 6.45) is 0. The quantitative estimate of drug-likeness (QED) is 0.646. The predicted octanol–water partition coefficient (Wildman–Crippen LogP) is 2.58. The number of carboxylic acid groups (broad SMARTS) is 1. The number of phenolic OH excluding ortho intramolecular Hbond substituents is 1. The van der Waals surface area contributed by atoms with Gasteiger partial charge in [-0.25, -0.2) is 4.79 Å². The molecule has 0 aromatic heterocycles. The van der Waals surface area contributed by atoms with Crippen molar-refractivity contribution in [1.29, 1.82) is 0 Å². The van der Waals surface area contributed by atoms with Crippen molar-refractivity contribution in [3.63, 3.8) is 0 Å². The van der Waals surface area contributed by atoms with E-state index >= 15 is 0 Å². The van der Waals surface area contributed by atoms with Crippen LogP contribution in [0.5, 0.6) is 11.5 Å². The van der Waals surface area contributed by atoms with Crippen molar-refractivity contribution >= 4 is 11.7 Å². The lowest BCUT2D eigenvalue weighted by molar-refractivity contribution is -0.386. The second kappa shape index (κ2) is 5.91. The van der Waals surface area contributed by atoms with Crippen LogP contribution in [0.3, 0.4) is 0 Å². The van der Waals surface area contributed by atoms with E-state index in [9.17, 15) is 20.0 Å². The zero-order chi connectivity index (χ0) is 15.4. The van der Waals surface area contributed by atoms with Crippen molar-refractivity contribution in [3.8, 4) is 11.5 Å². The lowest BCUT2D eigenvalue weighted by atomic mass is 10.2. The largest absolute Gasteiger partial charge is 0.508 e. The van der Waals surface area contributed by atoms with Crippen molar-refractivity contribution in [2.75, 3.05) is 0 Å². The van der Waals surface area contributed by atoms with Crippen LogP contribution in [0.15, 0.2) is 42.5 Å². The lowest BCUT2D eigenvalue weighted by Crippen LogP contribution is -2.02. The average Bonchev–Trinajstić information content (AvgIpc) is 2.44. The Balaban J connectivity index is 2.23. The van der Waals surface area contributed by atoms with Gasteiger partial charge in [0.1, 0.15) is 12.4 Å². The number of carboxylic acids is 1. The molecule has 0 saturated carbocycles. The van der Waals surface area contributed by atoms with E-state index in [1.165, 1.54) is 24.3 Å². The third-order valence-electron chi connectivity index (χ3n) is 2.71. The number of nitrogens with zero attached hydrogens (tertiary/aromatic N) is 1. The fourth-order valence-electron chi connectivity index (χ4n) is 1.72. The predicted molar refractivity (Wildman–Crippen MR) is 72.5 cm³/mol. The standard InChI is InChI=1S/C14H11NO6/c16-11-3-1-2-9(6-11)8-21-13-5-4-10(14(17)18)7-12(13)15(19)20/h1-7,16H,8H2,(H,17,18). The highest BCUT2D eigenvalue weighted by Gasteiger charge is 2.18. The number of phenols is 1. The van der Waals surface area contributed by atoms with E-state index in [0.29, 0.717) is 5.56 Å². The molecule has 2 rings (SSSR count). The van der Waals surface area contributed by atoms with Crippen LogP contribution in [-0.2, 0) is 6.61 Å². The van der Waals surface area contributed by atoms with Gasteiger partial charge in [0.2, 0.25) is 0 Å². The molecule has 0 atom stereocenters. The van der Waals surface area contributed by atoms with E-state index in [-0.39, 0.29) is 23.7 Å². The summed E-state index contributed by atoms with van der Waals surface area (Å²) in [6, 6.07) is 9.69. The molecule has 0 fully saturated rings. The van der Waals surface area contributed by atoms with Gasteiger partial charge in [0.25, 0.3) is 0 Å². The monoisotopic (exact) mass is 289 g/mol. The van der Waals surface area contributed by atoms with E-state index in [1.807, 2.05) is 0 Å². The molecule has 0 radical (unpaired) electrons. The van der Waals surface area contributed by atoms with Crippen LogP contribution in [0.25, 0.3) is 0 Å². The molecular weight excluding hydrogens is 278 g/mol. The SMILES string of the molecule is O=C(O)c1ccc(OCc2cccc(O)c2)c([N+](=O)[O-])c1. The number of hydrogen-bond donors (Lipinski definition) is 2. The molecule has 0 aliphatic carbocycles. The molecule has 7 heteroatoms. The highest BCUT2D eigenvalue weighted by atomic mass is 16.6. The Morgan fingerprint density at radius 3 is 2.62 bits per heavy atom. The maximum absolute atomic E-state index is 11.0. The number of aromatic carboxylic acids is 1. The molecule has 0 unspecified atom stereocenters. The molecule has 0 aliphatic heterocycles. The van der Waals surface area contributed by atoms with Crippen LogP contribution >= 0.6 is 0 Å². The number of nitro groups is 1. The summed E-state index contributed by atoms with van der Waals surface area (Å²) in [7, 11) is 0. The highest BCUT2D eigenvalue weighted by Crippen LogP contribution is 2.29. The van der Waals surface area contributed by atoms with Gasteiger partial charge in [-0.3, -0.25) is 10.1 Å². The molecule has 2 aromatic carbocycles. The number of hydrogen-bond acceptors (Lipinski definition) is 5. The molecule has 0 amide bonds. The first-order chi connectivity index (χ1) is 9.97. The second-order valence-corrected chi connectivity index (χ2v) is 4.20. The van der Waals surface area contributed by atoms with Crippen LogP contribution in [0, 0.1) is 10.1 Å². The summed E-state index contributed by atoms with van der Waals surface area (Å²) in [5.74, 6) is -1.22. The Morgan fingerprint density at radius 1 is 1.24 bits per heavy atom. The molecular formula is C14H11NO6. The van der Waals surface area contributed by atoms with Crippen molar-refractivity contribution in [2.45, 2.75) is 6.61 Å². The van der Waals surface area contributed by atoms with Gasteiger partial charge in [0, 0.05) is 6.07 Å². The minimum Gasteiger partial charge on any atom is -0.508 e. The molecule has 0 spiro atoms. The van der Waals surface area contributed by atoms with Crippen LogP contribution in [0.1, 0.15) is 15.9 Å². The van der Waals surface area contributed by atoms with E-state index in [0.717, 1.165) is 6.07 Å². The van der Waals surface area contributed by atoms with Gasteiger partial charge in [-0.05, 0) is 29.8 Å². The van der Waals surface area contributed by atoms with E-state index in [4.69, 9.17) is 9.84 Å². The molecule has 0 heterocycles. The van der Waals surface area contributed by atoms with Gasteiger partial charge >= 0.3 is 11.7 Å². The van der Waals surface area contributed by atoms with E-state index < -0.39 is 16.6 Å². The molecule has 2 aromatic rings. The van der Waals surface area contributed by atoms with Gasteiger partial charge in [-0.2, -0.15) is 0 Å². The maximum Gasteiger partial charge on any atom is 0.335 e. The van der Waals surface area contributed by atoms with Crippen molar-refractivity contribution < 1.29 is 24.7 Å². The summed E-state index contributed by atoms with van der Waals surface area (Å²) in [6.45, 7) is 0.0155. The number of ether oxygens (including phenoxy) is 1. The fourth-order valence-corrected chi connectivity index (χ4v) is 1.72. The van der Waals surface area contributed by atoms with Gasteiger partial charge in [-0.1, -0.05) is 12.1 Å². The highest BCUT2D eigenvalue weighted by molar-refractivity contribution is 5.88. The Hall–Kier alpha value is -3.09. The molecule has 7 nitrogen and oxygen atoms in total. The summed E-state index contributed by atoms with van der Waals surface area (Å²) in [5.41, 5.74) is 0.0214. The van der Waals surface area contributed by atoms with Crippen LogP contribution in [0.4, 0.5) is 5.69 Å². The summed E-state index contributed by atoms with van der Waals surface area (Å²) >= 11 is 0. The van der Waals surface area contributed by atoms with Crippen molar-refractivity contribution in [2.24, 2.45) is 0 Å². The summed E-state index contributed by atoms with van der Waals surface area (Å²) in [5, 5.41) is 29.1. The van der Waals surface area contributed by atoms with Gasteiger partial charge in [-0.15, -0.1) is 0 Å². The first kappa shape index (κ1) is 14.3. The number of benzene rings is 2. The van der Waals surface area contributed by atoms with Crippen molar-refractivity contribution in [3.05, 3.63) is 63.7 Å². The first-order valence-electron chi connectivity index (χ1n) is 5.90. The van der Waals surface area contributed by atoms with Gasteiger partial charge < -0.3 is 14.9 Å². The molecule has 2 N–H and O–H groups in total. The number of nitro benzene ring substituents is 1. The number of aromatic hydroxyl groups is 1. The zero-order valence-electron chi connectivity index (χ0n) is 10.7. The third-order valence-corrected chi connectivity index (χ3v) is 2.71. The number of rotatable bonds is 5. The Morgan fingerprint density at radius 2 is 2.00 bits per heavy atom. The van der Waals surface area contributed by atoms with Gasteiger partial charge in [0.15, 0.2) is 5.75 Å². The average molecular weight is 289 g/mol.